The molecule has 2 N–H and O–H groups in total. The van der Waals surface area contributed by atoms with Gasteiger partial charge in [0.05, 0.1) is 6.61 Å². The van der Waals surface area contributed by atoms with Gasteiger partial charge >= 0.3 is 6.03 Å². The molecule has 1 unspecified atom stereocenters. The minimum Gasteiger partial charge on any atom is -0.493 e. The summed E-state index contributed by atoms with van der Waals surface area (Å²) >= 11 is 0. The first-order valence-electron chi connectivity index (χ1n) is 7.09. The second kappa shape index (κ2) is 5.51. The van der Waals surface area contributed by atoms with Crippen LogP contribution in [-0.2, 0) is 0 Å². The van der Waals surface area contributed by atoms with Crippen molar-refractivity contribution in [1.82, 2.24) is 10.6 Å². The molecule has 0 saturated heterocycles. The number of carbonyl (C=O) groups excluding carboxylic acids is 1. The molecular weight excluding hydrogens is 240 g/mol. The maximum atomic E-state index is 11.8. The highest BCUT2D eigenvalue weighted by atomic mass is 16.5. The van der Waals surface area contributed by atoms with E-state index < -0.39 is 0 Å². The molecule has 3 rings (SSSR count). The molecule has 0 radical (unpaired) electrons. The number of para-hydroxylation sites is 1. The molecule has 2 amide bonds. The molecule has 1 aromatic rings. The van der Waals surface area contributed by atoms with E-state index in [0.29, 0.717) is 19.2 Å². The first-order valence-corrected chi connectivity index (χ1v) is 7.09. The van der Waals surface area contributed by atoms with E-state index >= 15 is 0 Å². The van der Waals surface area contributed by atoms with Crippen LogP contribution in [0.25, 0.3) is 0 Å². The third kappa shape index (κ3) is 2.83. The summed E-state index contributed by atoms with van der Waals surface area (Å²) in [5.41, 5.74) is 1.20. The van der Waals surface area contributed by atoms with E-state index in [-0.39, 0.29) is 11.9 Å². The van der Waals surface area contributed by atoms with Crippen LogP contribution in [0.1, 0.15) is 37.2 Å². The van der Waals surface area contributed by atoms with Crippen LogP contribution in [-0.4, -0.2) is 25.2 Å². The second-order valence-corrected chi connectivity index (χ2v) is 5.38. The lowest BCUT2D eigenvalue weighted by Crippen LogP contribution is -2.42. The van der Waals surface area contributed by atoms with Gasteiger partial charge in [-0.05, 0) is 18.9 Å². The first kappa shape index (κ1) is 12.3. The molecule has 102 valence electrons. The van der Waals surface area contributed by atoms with Crippen LogP contribution < -0.4 is 15.4 Å². The molecule has 1 aromatic carbocycles. The zero-order chi connectivity index (χ0) is 13.1. The van der Waals surface area contributed by atoms with Gasteiger partial charge in [-0.25, -0.2) is 4.79 Å². The van der Waals surface area contributed by atoms with Gasteiger partial charge in [-0.2, -0.15) is 0 Å². The average Bonchev–Trinajstić information content (AvgIpc) is 3.05. The van der Waals surface area contributed by atoms with Gasteiger partial charge in [-0.15, -0.1) is 0 Å². The minimum absolute atomic E-state index is 0.0451. The number of hydrogen-bond donors (Lipinski definition) is 2. The lowest BCUT2D eigenvalue weighted by atomic mass is 10.0. The maximum Gasteiger partial charge on any atom is 0.315 e. The Morgan fingerprint density at radius 2 is 2.05 bits per heavy atom. The van der Waals surface area contributed by atoms with Crippen molar-refractivity contribution in [1.29, 1.82) is 0 Å². The van der Waals surface area contributed by atoms with Gasteiger partial charge in [0.15, 0.2) is 0 Å². The Morgan fingerprint density at radius 3 is 2.89 bits per heavy atom. The Kier molecular flexibility index (Phi) is 3.58. The van der Waals surface area contributed by atoms with Crippen LogP contribution in [0.15, 0.2) is 24.3 Å². The van der Waals surface area contributed by atoms with Crippen molar-refractivity contribution in [3.05, 3.63) is 29.8 Å². The van der Waals surface area contributed by atoms with Crippen molar-refractivity contribution in [3.63, 3.8) is 0 Å². The number of hydrogen-bond acceptors (Lipinski definition) is 2. The summed E-state index contributed by atoms with van der Waals surface area (Å²) in [6, 6.07) is 8.36. The number of nitrogens with one attached hydrogen (secondary N) is 2. The van der Waals surface area contributed by atoms with Crippen molar-refractivity contribution in [3.8, 4) is 5.75 Å². The number of benzene rings is 1. The van der Waals surface area contributed by atoms with E-state index in [1.165, 1.54) is 18.4 Å². The SMILES string of the molecule is O=C(NCC1COc2ccccc21)NC1CCCC1. The fraction of sp³-hybridized carbons (Fsp3) is 0.533. The van der Waals surface area contributed by atoms with Gasteiger partial charge in [0.2, 0.25) is 0 Å². The highest BCUT2D eigenvalue weighted by molar-refractivity contribution is 5.74. The molecular formula is C15H20N2O2. The second-order valence-electron chi connectivity index (χ2n) is 5.38. The largest absolute Gasteiger partial charge is 0.493 e. The van der Waals surface area contributed by atoms with Crippen LogP contribution in [0.2, 0.25) is 0 Å². The lowest BCUT2D eigenvalue weighted by molar-refractivity contribution is 0.235. The summed E-state index contributed by atoms with van der Waals surface area (Å²) in [5, 5.41) is 6.00. The Hall–Kier alpha value is -1.71. The van der Waals surface area contributed by atoms with Gasteiger partial charge in [-0.3, -0.25) is 0 Å². The van der Waals surface area contributed by atoms with Crippen LogP contribution >= 0.6 is 0 Å². The molecule has 0 bridgehead atoms. The summed E-state index contributed by atoms with van der Waals surface area (Å²) in [6.45, 7) is 1.29. The minimum atomic E-state index is -0.0451. The van der Waals surface area contributed by atoms with Crippen LogP contribution in [0.3, 0.4) is 0 Å². The number of urea groups is 1. The molecule has 1 fully saturated rings. The van der Waals surface area contributed by atoms with Gasteiger partial charge in [0.25, 0.3) is 0 Å². The van der Waals surface area contributed by atoms with Crippen molar-refractivity contribution >= 4 is 6.03 Å². The molecule has 19 heavy (non-hydrogen) atoms. The van der Waals surface area contributed by atoms with Gasteiger partial charge in [0.1, 0.15) is 5.75 Å². The summed E-state index contributed by atoms with van der Waals surface area (Å²) in [5.74, 6) is 1.22. The molecule has 0 aromatic heterocycles. The standard InChI is InChI=1S/C15H20N2O2/c18-15(17-12-5-1-2-6-12)16-9-11-10-19-14-8-4-3-7-13(11)14/h3-4,7-8,11-12H,1-2,5-6,9-10H2,(H2,16,17,18). The zero-order valence-electron chi connectivity index (χ0n) is 11.0. The summed E-state index contributed by atoms with van der Waals surface area (Å²) in [6.07, 6.45) is 4.69. The highest BCUT2D eigenvalue weighted by Crippen LogP contribution is 2.32. The molecule has 1 aliphatic carbocycles. The Bertz CT molecular complexity index is 455. The molecule has 1 saturated carbocycles. The highest BCUT2D eigenvalue weighted by Gasteiger charge is 2.24. The van der Waals surface area contributed by atoms with E-state index in [2.05, 4.69) is 16.7 Å². The van der Waals surface area contributed by atoms with E-state index in [0.717, 1.165) is 18.6 Å². The Balaban J connectivity index is 1.49. The van der Waals surface area contributed by atoms with Crippen molar-refractivity contribution in [2.24, 2.45) is 0 Å². The van der Waals surface area contributed by atoms with Crippen LogP contribution in [0.4, 0.5) is 4.79 Å². The molecule has 4 nitrogen and oxygen atoms in total. The van der Waals surface area contributed by atoms with Crippen molar-refractivity contribution < 1.29 is 9.53 Å². The fourth-order valence-electron chi connectivity index (χ4n) is 2.92. The van der Waals surface area contributed by atoms with Crippen molar-refractivity contribution in [2.75, 3.05) is 13.2 Å². The van der Waals surface area contributed by atoms with Crippen molar-refractivity contribution in [2.45, 2.75) is 37.6 Å². The van der Waals surface area contributed by atoms with Crippen LogP contribution in [0, 0.1) is 0 Å². The first-order chi connectivity index (χ1) is 9.33. The average molecular weight is 260 g/mol. The number of ether oxygens (including phenoxy) is 1. The van der Waals surface area contributed by atoms with Gasteiger partial charge in [-0.1, -0.05) is 31.0 Å². The molecule has 1 atom stereocenters. The van der Waals surface area contributed by atoms with E-state index in [9.17, 15) is 4.79 Å². The number of fused-ring (bicyclic) bond motifs is 1. The normalized spacial score (nSPS) is 21.8. The van der Waals surface area contributed by atoms with E-state index in [1.807, 2.05) is 18.2 Å². The predicted molar refractivity (Wildman–Crippen MR) is 73.5 cm³/mol. The van der Waals surface area contributed by atoms with E-state index in [1.54, 1.807) is 0 Å². The molecule has 0 spiro atoms. The third-order valence-electron chi connectivity index (χ3n) is 4.00. The van der Waals surface area contributed by atoms with Gasteiger partial charge in [0, 0.05) is 24.1 Å². The summed E-state index contributed by atoms with van der Waals surface area (Å²) in [7, 11) is 0. The number of amides is 2. The quantitative estimate of drug-likeness (QED) is 0.876. The molecule has 1 aliphatic heterocycles. The molecule has 2 aliphatic rings. The smallest absolute Gasteiger partial charge is 0.315 e. The fourth-order valence-corrected chi connectivity index (χ4v) is 2.92. The third-order valence-corrected chi connectivity index (χ3v) is 4.00. The zero-order valence-corrected chi connectivity index (χ0v) is 11.0. The number of rotatable bonds is 3. The number of carbonyl (C=O) groups is 1. The summed E-state index contributed by atoms with van der Waals surface area (Å²) in [4.78, 5) is 11.8. The predicted octanol–water partition coefficient (Wildman–Crippen LogP) is 2.40. The topological polar surface area (TPSA) is 50.4 Å². The Labute approximate surface area is 113 Å². The summed E-state index contributed by atoms with van der Waals surface area (Å²) < 4.78 is 5.61. The maximum absolute atomic E-state index is 11.8. The molecule has 1 heterocycles. The molecule has 4 heteroatoms. The lowest BCUT2D eigenvalue weighted by Gasteiger charge is -2.15. The van der Waals surface area contributed by atoms with E-state index in [4.69, 9.17) is 4.74 Å². The van der Waals surface area contributed by atoms with Crippen LogP contribution in [0.5, 0.6) is 5.75 Å². The monoisotopic (exact) mass is 260 g/mol. The van der Waals surface area contributed by atoms with Gasteiger partial charge < -0.3 is 15.4 Å². The Morgan fingerprint density at radius 1 is 1.26 bits per heavy atom.